The highest BCUT2D eigenvalue weighted by Gasteiger charge is 2.44. The van der Waals surface area contributed by atoms with Crippen LogP contribution in [0.1, 0.15) is 27.7 Å². The van der Waals surface area contributed by atoms with Crippen molar-refractivity contribution < 1.29 is 0 Å². The smallest absolute Gasteiger partial charge is 0.135 e. The van der Waals surface area contributed by atoms with Crippen LogP contribution in [0.5, 0.6) is 0 Å². The quantitative estimate of drug-likeness (QED) is 0.638. The average Bonchev–Trinajstić information content (AvgIpc) is 2.92. The summed E-state index contributed by atoms with van der Waals surface area (Å²) in [6.45, 7) is 8.41. The molecule has 0 aromatic carbocycles. The number of fused-ring (bicyclic) bond motifs is 2. The first-order chi connectivity index (χ1) is 8.11. The van der Waals surface area contributed by atoms with Crippen molar-refractivity contribution >= 4 is 6.34 Å². The fourth-order valence-electron chi connectivity index (χ4n) is 2.62. The molecule has 17 heavy (non-hydrogen) atoms. The topological polar surface area (TPSA) is 54.4 Å². The molecule has 0 saturated heterocycles. The van der Waals surface area contributed by atoms with Gasteiger partial charge in [-0.2, -0.15) is 5.11 Å². The monoisotopic (exact) mass is 229 g/mol. The molecule has 0 spiro atoms. The summed E-state index contributed by atoms with van der Waals surface area (Å²) in [6, 6.07) is 0.632. The first-order valence-electron chi connectivity index (χ1n) is 5.88. The average molecular weight is 229 g/mol. The van der Waals surface area contributed by atoms with Gasteiger partial charge < -0.3 is 0 Å². The Kier molecular flexibility index (Phi) is 2.07. The van der Waals surface area contributed by atoms with Crippen LogP contribution < -0.4 is 0 Å². The van der Waals surface area contributed by atoms with E-state index in [0.717, 1.165) is 17.0 Å². The molecule has 2 atom stereocenters. The van der Waals surface area contributed by atoms with E-state index in [4.69, 9.17) is 0 Å². The molecular formula is C12H15N5. The zero-order chi connectivity index (χ0) is 12.2. The molecule has 0 bridgehead atoms. The number of aliphatic imine (C=N–C) groups is 1. The van der Waals surface area contributed by atoms with Gasteiger partial charge in [-0.3, -0.25) is 15.3 Å². The normalized spacial score (nSPS) is 29.8. The summed E-state index contributed by atoms with van der Waals surface area (Å²) in [7, 11) is 0. The Morgan fingerprint density at radius 1 is 1.29 bits per heavy atom. The minimum absolute atomic E-state index is 0.0926. The Morgan fingerprint density at radius 2 is 2.06 bits per heavy atom. The van der Waals surface area contributed by atoms with Gasteiger partial charge >= 0.3 is 0 Å². The highest BCUT2D eigenvalue weighted by Crippen LogP contribution is 2.42. The third kappa shape index (κ3) is 1.26. The predicted octanol–water partition coefficient (Wildman–Crippen LogP) is 2.67. The van der Waals surface area contributed by atoms with E-state index >= 15 is 0 Å². The summed E-state index contributed by atoms with van der Waals surface area (Å²) < 4.78 is 0. The van der Waals surface area contributed by atoms with Gasteiger partial charge in [0.05, 0.1) is 0 Å². The second kappa shape index (κ2) is 3.37. The molecule has 0 aromatic heterocycles. The molecule has 1 aliphatic carbocycles. The van der Waals surface area contributed by atoms with Crippen molar-refractivity contribution in [1.29, 1.82) is 0 Å². The van der Waals surface area contributed by atoms with Crippen LogP contribution in [0, 0.1) is 0 Å². The highest BCUT2D eigenvalue weighted by molar-refractivity contribution is 5.85. The molecule has 5 heteroatoms. The fourth-order valence-corrected chi connectivity index (χ4v) is 2.62. The molecule has 88 valence electrons. The molecule has 2 heterocycles. The van der Waals surface area contributed by atoms with E-state index < -0.39 is 0 Å². The van der Waals surface area contributed by atoms with E-state index in [1.165, 1.54) is 5.57 Å². The van der Waals surface area contributed by atoms with Crippen LogP contribution in [-0.4, -0.2) is 29.5 Å². The van der Waals surface area contributed by atoms with Crippen LogP contribution in [0.15, 0.2) is 37.9 Å². The zero-order valence-corrected chi connectivity index (χ0v) is 10.5. The molecule has 2 aliphatic heterocycles. The van der Waals surface area contributed by atoms with Crippen LogP contribution in [0.2, 0.25) is 0 Å². The van der Waals surface area contributed by atoms with Gasteiger partial charge in [0.1, 0.15) is 23.5 Å². The van der Waals surface area contributed by atoms with Crippen molar-refractivity contribution in [3.63, 3.8) is 0 Å². The second-order valence-electron chi connectivity index (χ2n) is 4.96. The molecule has 0 fully saturated rings. The summed E-state index contributed by atoms with van der Waals surface area (Å²) in [5.41, 5.74) is 4.24. The van der Waals surface area contributed by atoms with E-state index in [-0.39, 0.29) is 12.1 Å². The number of rotatable bonds is 1. The summed E-state index contributed by atoms with van der Waals surface area (Å²) in [5, 5.41) is 15.0. The van der Waals surface area contributed by atoms with Crippen LogP contribution in [0.25, 0.3) is 5.32 Å². The van der Waals surface area contributed by atoms with Crippen LogP contribution >= 0.6 is 0 Å². The lowest BCUT2D eigenvalue weighted by molar-refractivity contribution is 0.199. The van der Waals surface area contributed by atoms with E-state index in [1.807, 2.05) is 0 Å². The maximum absolute atomic E-state index is 4.38. The van der Waals surface area contributed by atoms with Crippen molar-refractivity contribution in [1.82, 2.24) is 5.01 Å². The molecule has 3 aliphatic rings. The van der Waals surface area contributed by atoms with Gasteiger partial charge in [-0.15, -0.1) is 0 Å². The van der Waals surface area contributed by atoms with Crippen LogP contribution in [0.3, 0.4) is 0 Å². The Hall–Kier alpha value is -1.74. The third-order valence-corrected chi connectivity index (χ3v) is 3.57. The summed E-state index contributed by atoms with van der Waals surface area (Å²) in [4.78, 5) is 4.20. The number of hydrogen-bond donors (Lipinski definition) is 0. The first-order valence-corrected chi connectivity index (χ1v) is 5.88. The molecule has 3 rings (SSSR count). The highest BCUT2D eigenvalue weighted by atomic mass is 15.6. The summed E-state index contributed by atoms with van der Waals surface area (Å²) in [6.07, 6.45) is 2.70. The Morgan fingerprint density at radius 3 is 2.76 bits per heavy atom. The predicted molar refractivity (Wildman–Crippen MR) is 65.6 cm³/mol. The molecule has 0 amide bonds. The lowest BCUT2D eigenvalue weighted by atomic mass is 9.86. The molecule has 0 radical (unpaired) electrons. The Balaban J connectivity index is 2.09. The van der Waals surface area contributed by atoms with Crippen molar-refractivity contribution in [2.75, 3.05) is 0 Å². The molecule has 2 unspecified atom stereocenters. The van der Waals surface area contributed by atoms with Crippen LogP contribution in [-0.2, 0) is 0 Å². The minimum atomic E-state index is 0.0926. The van der Waals surface area contributed by atoms with Crippen molar-refractivity contribution in [2.45, 2.75) is 45.8 Å². The molecule has 0 aromatic rings. The Bertz CT molecular complexity index is 483. The molecule has 0 saturated carbocycles. The molecule has 5 nitrogen and oxygen atoms in total. The van der Waals surface area contributed by atoms with E-state index in [2.05, 4.69) is 59.7 Å². The maximum atomic E-state index is 4.38. The minimum Gasteiger partial charge on any atom is -0.265 e. The number of nitrogens with zero attached hydrogens (tertiary/aromatic N) is 5. The largest absolute Gasteiger partial charge is 0.265 e. The summed E-state index contributed by atoms with van der Waals surface area (Å²) >= 11 is 0. The second-order valence-corrected chi connectivity index (χ2v) is 4.96. The molecular weight excluding hydrogens is 214 g/mol. The fraction of sp³-hybridized carbons (Fsp3) is 0.583. The van der Waals surface area contributed by atoms with Gasteiger partial charge in [-0.1, -0.05) is 5.22 Å². The van der Waals surface area contributed by atoms with Crippen molar-refractivity contribution in [3.05, 3.63) is 27.9 Å². The van der Waals surface area contributed by atoms with Gasteiger partial charge in [0.15, 0.2) is 0 Å². The van der Waals surface area contributed by atoms with Crippen molar-refractivity contribution in [3.8, 4) is 0 Å². The lowest BCUT2D eigenvalue weighted by Crippen LogP contribution is -2.42. The maximum Gasteiger partial charge on any atom is 0.135 e. The van der Waals surface area contributed by atoms with E-state index in [1.54, 1.807) is 0 Å². The van der Waals surface area contributed by atoms with E-state index in [0.29, 0.717) is 6.04 Å². The van der Waals surface area contributed by atoms with Gasteiger partial charge in [0.25, 0.3) is 0 Å². The van der Waals surface area contributed by atoms with Gasteiger partial charge in [0, 0.05) is 23.5 Å². The van der Waals surface area contributed by atoms with Crippen molar-refractivity contribution in [2.24, 2.45) is 15.3 Å². The third-order valence-electron chi connectivity index (χ3n) is 3.57. The van der Waals surface area contributed by atoms with Gasteiger partial charge in [-0.25, -0.2) is 0 Å². The van der Waals surface area contributed by atoms with Gasteiger partial charge in [-0.05, 0) is 27.7 Å². The van der Waals surface area contributed by atoms with Gasteiger partial charge in [0.2, 0.25) is 0 Å². The lowest BCUT2D eigenvalue weighted by Gasteiger charge is -2.31. The number of hydrogen-bond acceptors (Lipinski definition) is 4. The van der Waals surface area contributed by atoms with Crippen LogP contribution in [0.4, 0.5) is 0 Å². The first kappa shape index (κ1) is 10.4. The SMILES string of the molecule is CC1=C2N=[C+][N-]C2=C(C)C2C1N=NN2C(C)C. The standard InChI is InChI=1S/C12H15N5/c1-6(2)17-12-8(4)10-9(13-5-14-10)7(3)11(12)15-16-17/h6,11-12H,1-4H3. The van der Waals surface area contributed by atoms with E-state index in [9.17, 15) is 0 Å². The Labute approximate surface area is 101 Å². The molecule has 0 N–H and O–H groups in total. The summed E-state index contributed by atoms with van der Waals surface area (Å²) in [5.74, 6) is 0. The zero-order valence-electron chi connectivity index (χ0n) is 10.5.